The van der Waals surface area contributed by atoms with Crippen molar-refractivity contribution in [2.75, 3.05) is 0 Å². The molecule has 1 aliphatic rings. The Labute approximate surface area is 204 Å². The van der Waals surface area contributed by atoms with Crippen LogP contribution in [0.3, 0.4) is 0 Å². The van der Waals surface area contributed by atoms with Gasteiger partial charge in [0.05, 0.1) is 17.1 Å². The average Bonchev–Trinajstić information content (AvgIpc) is 3.10. The normalized spacial score (nSPS) is 15.4. The number of rotatable bonds is 7. The zero-order chi connectivity index (χ0) is 25.4. The van der Waals surface area contributed by atoms with E-state index in [2.05, 4.69) is 14.4 Å². The fourth-order valence-corrected chi connectivity index (χ4v) is 6.20. The summed E-state index contributed by atoms with van der Waals surface area (Å²) in [5.41, 5.74) is 1.14. The largest absolute Gasteiger partial charge is 0.573 e. The van der Waals surface area contributed by atoms with Crippen molar-refractivity contribution in [3.63, 3.8) is 0 Å². The number of fused-ring (bicyclic) bond motifs is 1. The molecule has 0 bridgehead atoms. The number of ether oxygens (including phenoxy) is 1. The highest BCUT2D eigenvalue weighted by Crippen LogP contribution is 2.36. The number of aromatic nitrogens is 1. The molecule has 1 heterocycles. The van der Waals surface area contributed by atoms with Crippen molar-refractivity contribution >= 4 is 38.5 Å². The molecule has 0 radical (unpaired) electrons. The molecule has 7 nitrogen and oxygen atoms in total. The second-order valence-corrected chi connectivity index (χ2v) is 10.5. The number of alkyl halides is 3. The number of aliphatic carboxylic acids is 1. The molecule has 0 aliphatic heterocycles. The maximum atomic E-state index is 13.1. The van der Waals surface area contributed by atoms with E-state index in [-0.39, 0.29) is 32.6 Å². The van der Waals surface area contributed by atoms with Crippen molar-refractivity contribution in [3.05, 3.63) is 47.0 Å². The van der Waals surface area contributed by atoms with Gasteiger partial charge in [-0.1, -0.05) is 36.9 Å². The maximum absolute atomic E-state index is 13.1. The number of carboxylic acid groups (broad SMARTS) is 1. The first-order chi connectivity index (χ1) is 16.4. The Morgan fingerprint density at radius 2 is 1.86 bits per heavy atom. The molecule has 0 saturated heterocycles. The number of benzene rings is 2. The van der Waals surface area contributed by atoms with E-state index in [1.165, 1.54) is 24.3 Å². The van der Waals surface area contributed by atoms with E-state index < -0.39 is 34.5 Å². The Balaban J connectivity index is 1.78. The Kier molecular flexibility index (Phi) is 7.03. The highest BCUT2D eigenvalue weighted by molar-refractivity contribution is 7.89. The summed E-state index contributed by atoms with van der Waals surface area (Å²) in [6.07, 6.45) is -1.08. The van der Waals surface area contributed by atoms with Crippen molar-refractivity contribution in [2.24, 2.45) is 0 Å². The summed E-state index contributed by atoms with van der Waals surface area (Å²) in [5.74, 6) is -1.71. The molecule has 2 aromatic carbocycles. The van der Waals surface area contributed by atoms with Crippen molar-refractivity contribution in [2.45, 2.75) is 55.8 Å². The third kappa shape index (κ3) is 5.91. The number of H-pyrrole nitrogens is 1. The van der Waals surface area contributed by atoms with Gasteiger partial charge in [-0.15, -0.1) is 13.2 Å². The summed E-state index contributed by atoms with van der Waals surface area (Å²) >= 11 is 6.22. The second kappa shape index (κ2) is 9.71. The van der Waals surface area contributed by atoms with E-state index in [9.17, 15) is 31.5 Å². The van der Waals surface area contributed by atoms with Crippen LogP contribution in [0.5, 0.6) is 5.75 Å². The highest BCUT2D eigenvalue weighted by atomic mass is 35.5. The van der Waals surface area contributed by atoms with E-state index in [1.807, 2.05) is 0 Å². The zero-order valence-electron chi connectivity index (χ0n) is 18.3. The van der Waals surface area contributed by atoms with Gasteiger partial charge in [-0.2, -0.15) is 0 Å². The quantitative estimate of drug-likeness (QED) is 0.367. The van der Waals surface area contributed by atoms with Crippen LogP contribution in [0.2, 0.25) is 5.02 Å². The monoisotopic (exact) mass is 530 g/mol. The Morgan fingerprint density at radius 1 is 1.14 bits per heavy atom. The molecule has 1 aromatic heterocycles. The van der Waals surface area contributed by atoms with Crippen LogP contribution in [0.1, 0.15) is 37.7 Å². The third-order valence-electron chi connectivity index (χ3n) is 5.88. The van der Waals surface area contributed by atoms with Gasteiger partial charge in [0.25, 0.3) is 0 Å². The van der Waals surface area contributed by atoms with Crippen LogP contribution < -0.4 is 9.46 Å². The lowest BCUT2D eigenvalue weighted by Crippen LogP contribution is -2.36. The molecule has 0 unspecified atom stereocenters. The molecule has 0 amide bonds. The van der Waals surface area contributed by atoms with Crippen LogP contribution in [-0.2, 0) is 21.2 Å². The standard InChI is InChI=1S/C23H22ClF3N2O5S/c24-18-8-6-13(10-20(18)35(32,33)29-14-4-2-1-3-5-14)22-17(12-21(30)31)16-11-15(34-23(25,26)27)7-9-19(16)28-22/h6-11,14,28-29H,1-5,12H2,(H,30,31). The number of nitrogens with one attached hydrogen (secondary N) is 2. The van der Waals surface area contributed by atoms with E-state index in [0.29, 0.717) is 11.1 Å². The van der Waals surface area contributed by atoms with Crippen LogP contribution in [0.15, 0.2) is 41.3 Å². The summed E-state index contributed by atoms with van der Waals surface area (Å²) < 4.78 is 70.9. The minimum absolute atomic E-state index is 0.00572. The topological polar surface area (TPSA) is 108 Å². The van der Waals surface area contributed by atoms with Crippen LogP contribution in [0.4, 0.5) is 13.2 Å². The molecule has 188 valence electrons. The fraction of sp³-hybridized carbons (Fsp3) is 0.348. The molecular formula is C23H22ClF3N2O5S. The fourth-order valence-electron chi connectivity index (χ4n) is 4.37. The van der Waals surface area contributed by atoms with Crippen LogP contribution in [-0.4, -0.2) is 36.9 Å². The van der Waals surface area contributed by atoms with E-state index in [4.69, 9.17) is 11.6 Å². The number of sulfonamides is 1. The zero-order valence-corrected chi connectivity index (χ0v) is 19.9. The van der Waals surface area contributed by atoms with Gasteiger partial charge < -0.3 is 14.8 Å². The molecule has 1 saturated carbocycles. The maximum Gasteiger partial charge on any atom is 0.573 e. The first kappa shape index (κ1) is 25.3. The van der Waals surface area contributed by atoms with Crippen molar-refractivity contribution in [3.8, 4) is 17.0 Å². The Morgan fingerprint density at radius 3 is 2.51 bits per heavy atom. The molecule has 0 spiro atoms. The summed E-state index contributed by atoms with van der Waals surface area (Å²) in [6.45, 7) is 0. The van der Waals surface area contributed by atoms with Crippen LogP contribution in [0.25, 0.3) is 22.2 Å². The van der Waals surface area contributed by atoms with Crippen molar-refractivity contribution in [1.82, 2.24) is 9.71 Å². The average molecular weight is 531 g/mol. The Hall–Kier alpha value is -2.76. The number of carboxylic acids is 1. The molecule has 1 fully saturated rings. The summed E-state index contributed by atoms with van der Waals surface area (Å²) in [7, 11) is -3.97. The van der Waals surface area contributed by atoms with Gasteiger partial charge in [-0.3, -0.25) is 4.79 Å². The van der Waals surface area contributed by atoms with Gasteiger partial charge in [0, 0.05) is 16.9 Å². The molecule has 3 aromatic rings. The van der Waals surface area contributed by atoms with Gasteiger partial charge in [0.15, 0.2) is 0 Å². The number of hydrogen-bond acceptors (Lipinski definition) is 4. The van der Waals surface area contributed by atoms with E-state index >= 15 is 0 Å². The van der Waals surface area contributed by atoms with E-state index in [0.717, 1.165) is 44.2 Å². The van der Waals surface area contributed by atoms with Crippen LogP contribution in [0, 0.1) is 0 Å². The van der Waals surface area contributed by atoms with Crippen molar-refractivity contribution in [1.29, 1.82) is 0 Å². The summed E-state index contributed by atoms with van der Waals surface area (Å²) in [5, 5.41) is 9.64. The first-order valence-corrected chi connectivity index (χ1v) is 12.7. The molecular weight excluding hydrogens is 509 g/mol. The van der Waals surface area contributed by atoms with Crippen LogP contribution >= 0.6 is 11.6 Å². The minimum Gasteiger partial charge on any atom is -0.481 e. The molecule has 4 rings (SSSR count). The molecule has 3 N–H and O–H groups in total. The number of aromatic amines is 1. The number of carbonyl (C=O) groups is 1. The number of hydrogen-bond donors (Lipinski definition) is 3. The van der Waals surface area contributed by atoms with E-state index in [1.54, 1.807) is 0 Å². The molecule has 35 heavy (non-hydrogen) atoms. The molecule has 12 heteroatoms. The second-order valence-electron chi connectivity index (χ2n) is 8.41. The lowest BCUT2D eigenvalue weighted by molar-refractivity contribution is -0.274. The smallest absolute Gasteiger partial charge is 0.481 e. The van der Waals surface area contributed by atoms with Gasteiger partial charge in [0.1, 0.15) is 10.6 Å². The first-order valence-electron chi connectivity index (χ1n) is 10.9. The third-order valence-corrected chi connectivity index (χ3v) is 7.88. The van der Waals surface area contributed by atoms with Gasteiger partial charge in [-0.05, 0) is 54.3 Å². The number of halogens is 4. The predicted molar refractivity (Wildman–Crippen MR) is 124 cm³/mol. The SMILES string of the molecule is O=C(O)Cc1c(-c2ccc(Cl)c(S(=O)(=O)NC3CCCCC3)c2)[nH]c2ccc(OC(F)(F)F)cc12. The predicted octanol–water partition coefficient (Wildman–Crippen LogP) is 5.63. The molecule has 1 aliphatic carbocycles. The lowest BCUT2D eigenvalue weighted by atomic mass is 9.96. The Bertz CT molecular complexity index is 1370. The highest BCUT2D eigenvalue weighted by Gasteiger charge is 2.31. The molecule has 0 atom stereocenters. The van der Waals surface area contributed by atoms with Crippen molar-refractivity contribution < 1.29 is 36.2 Å². The minimum atomic E-state index is -4.91. The summed E-state index contributed by atoms with van der Waals surface area (Å²) in [6, 6.07) is 7.58. The summed E-state index contributed by atoms with van der Waals surface area (Å²) in [4.78, 5) is 14.4. The van der Waals surface area contributed by atoms with Gasteiger partial charge in [-0.25, -0.2) is 13.1 Å². The van der Waals surface area contributed by atoms with Gasteiger partial charge in [0.2, 0.25) is 10.0 Å². The van der Waals surface area contributed by atoms with Gasteiger partial charge >= 0.3 is 12.3 Å². The lowest BCUT2D eigenvalue weighted by Gasteiger charge is -2.23.